The van der Waals surface area contributed by atoms with Crippen molar-refractivity contribution in [1.82, 2.24) is 15.1 Å². The van der Waals surface area contributed by atoms with Crippen LogP contribution in [-0.2, 0) is 10.8 Å². The molecule has 0 saturated heterocycles. The summed E-state index contributed by atoms with van der Waals surface area (Å²) in [6, 6.07) is 0. The van der Waals surface area contributed by atoms with E-state index in [2.05, 4.69) is 56.7 Å². The maximum Gasteiger partial charge on any atom is 0.276 e. The molecule has 0 spiro atoms. The molecule has 0 atom stereocenters. The van der Waals surface area contributed by atoms with Crippen molar-refractivity contribution in [2.45, 2.75) is 52.4 Å². The highest BCUT2D eigenvalue weighted by atomic mass is 16.5. The quantitative estimate of drug-likeness (QED) is 0.701. The van der Waals surface area contributed by atoms with Crippen LogP contribution in [0.5, 0.6) is 0 Å². The molecule has 17 heavy (non-hydrogen) atoms. The molecular weight excluding hydrogens is 214 g/mol. The summed E-state index contributed by atoms with van der Waals surface area (Å²) < 4.78 is 5.22. The summed E-state index contributed by atoms with van der Waals surface area (Å²) in [5.41, 5.74) is 3.02. The van der Waals surface area contributed by atoms with Gasteiger partial charge < -0.3 is 4.52 Å². The van der Waals surface area contributed by atoms with Gasteiger partial charge in [0.05, 0.1) is 11.9 Å². The SMILES string of the molecule is CC(C)(C)c1cnc2onc(C(C)(C)C)c2n1. The van der Waals surface area contributed by atoms with Gasteiger partial charge in [0, 0.05) is 10.8 Å². The Morgan fingerprint density at radius 1 is 1.00 bits per heavy atom. The average molecular weight is 233 g/mol. The van der Waals surface area contributed by atoms with Gasteiger partial charge in [-0.3, -0.25) is 0 Å². The lowest BCUT2D eigenvalue weighted by Crippen LogP contribution is -2.16. The molecule has 0 N–H and O–H groups in total. The molecule has 0 saturated carbocycles. The first kappa shape index (κ1) is 12.0. The van der Waals surface area contributed by atoms with Gasteiger partial charge in [0.15, 0.2) is 5.52 Å². The third kappa shape index (κ3) is 2.16. The molecule has 2 aromatic heterocycles. The molecule has 0 fully saturated rings. The summed E-state index contributed by atoms with van der Waals surface area (Å²) in [7, 11) is 0. The second kappa shape index (κ2) is 3.52. The molecule has 0 unspecified atom stereocenters. The van der Waals surface area contributed by atoms with E-state index in [1.165, 1.54) is 0 Å². The lowest BCUT2D eigenvalue weighted by molar-refractivity contribution is 0.414. The lowest BCUT2D eigenvalue weighted by Gasteiger charge is -2.18. The zero-order valence-corrected chi connectivity index (χ0v) is 11.3. The summed E-state index contributed by atoms with van der Waals surface area (Å²) in [6.07, 6.45) is 1.76. The predicted molar refractivity (Wildman–Crippen MR) is 67.0 cm³/mol. The van der Waals surface area contributed by atoms with Gasteiger partial charge in [0.25, 0.3) is 5.71 Å². The van der Waals surface area contributed by atoms with E-state index >= 15 is 0 Å². The van der Waals surface area contributed by atoms with Gasteiger partial charge in [0.2, 0.25) is 0 Å². The normalized spacial score (nSPS) is 13.3. The first-order chi connectivity index (χ1) is 7.69. The minimum absolute atomic E-state index is 0.0202. The number of nitrogens with zero attached hydrogens (tertiary/aromatic N) is 3. The van der Waals surface area contributed by atoms with Crippen molar-refractivity contribution in [3.05, 3.63) is 17.6 Å². The second-order valence-electron chi connectivity index (χ2n) is 6.44. The number of hydrogen-bond acceptors (Lipinski definition) is 4. The summed E-state index contributed by atoms with van der Waals surface area (Å²) in [5.74, 6) is 0. The fraction of sp³-hybridized carbons (Fsp3) is 0.615. The van der Waals surface area contributed by atoms with E-state index in [0.717, 1.165) is 16.9 Å². The van der Waals surface area contributed by atoms with E-state index in [0.29, 0.717) is 5.71 Å². The Morgan fingerprint density at radius 2 is 1.65 bits per heavy atom. The lowest BCUT2D eigenvalue weighted by atomic mass is 9.90. The first-order valence-corrected chi connectivity index (χ1v) is 5.83. The van der Waals surface area contributed by atoms with Crippen LogP contribution >= 0.6 is 0 Å². The number of fused-ring (bicyclic) bond motifs is 1. The fourth-order valence-corrected chi connectivity index (χ4v) is 1.58. The van der Waals surface area contributed by atoms with Crippen molar-refractivity contribution in [2.24, 2.45) is 0 Å². The zero-order valence-electron chi connectivity index (χ0n) is 11.3. The fourth-order valence-electron chi connectivity index (χ4n) is 1.58. The van der Waals surface area contributed by atoms with Crippen LogP contribution in [0.1, 0.15) is 52.9 Å². The van der Waals surface area contributed by atoms with E-state index < -0.39 is 0 Å². The summed E-state index contributed by atoms with van der Waals surface area (Å²) >= 11 is 0. The summed E-state index contributed by atoms with van der Waals surface area (Å²) in [6.45, 7) is 12.6. The monoisotopic (exact) mass is 233 g/mol. The van der Waals surface area contributed by atoms with Gasteiger partial charge in [-0.15, -0.1) is 0 Å². The maximum atomic E-state index is 5.22. The van der Waals surface area contributed by atoms with E-state index in [4.69, 9.17) is 4.52 Å². The van der Waals surface area contributed by atoms with Crippen molar-refractivity contribution < 1.29 is 4.52 Å². The van der Waals surface area contributed by atoms with E-state index in [1.54, 1.807) is 6.20 Å². The highest BCUT2D eigenvalue weighted by Gasteiger charge is 2.25. The number of rotatable bonds is 0. The van der Waals surface area contributed by atoms with Crippen LogP contribution < -0.4 is 0 Å². The van der Waals surface area contributed by atoms with Crippen LogP contribution in [-0.4, -0.2) is 15.1 Å². The van der Waals surface area contributed by atoms with Crippen LogP contribution in [0.25, 0.3) is 11.2 Å². The largest absolute Gasteiger partial charge is 0.334 e. The molecule has 4 heteroatoms. The molecular formula is C13H19N3O. The smallest absolute Gasteiger partial charge is 0.276 e. The van der Waals surface area contributed by atoms with Crippen LogP contribution in [0.15, 0.2) is 10.7 Å². The Labute approximate surface area is 101 Å². The zero-order chi connectivity index (χ0) is 12.8. The summed E-state index contributed by atoms with van der Waals surface area (Å²) in [4.78, 5) is 8.94. The highest BCUT2D eigenvalue weighted by molar-refractivity contribution is 5.71. The minimum Gasteiger partial charge on any atom is -0.334 e. The molecule has 0 bridgehead atoms. The van der Waals surface area contributed by atoms with Gasteiger partial charge in [-0.25, -0.2) is 9.97 Å². The van der Waals surface area contributed by atoms with Crippen molar-refractivity contribution in [3.63, 3.8) is 0 Å². The number of hydrogen-bond donors (Lipinski definition) is 0. The summed E-state index contributed by atoms with van der Waals surface area (Å²) in [5, 5.41) is 4.09. The van der Waals surface area contributed by atoms with Crippen molar-refractivity contribution >= 4 is 11.2 Å². The minimum atomic E-state index is -0.0869. The predicted octanol–water partition coefficient (Wildman–Crippen LogP) is 3.21. The molecule has 2 rings (SSSR count). The Hall–Kier alpha value is -1.45. The van der Waals surface area contributed by atoms with Gasteiger partial charge in [-0.2, -0.15) is 0 Å². The Bertz CT molecular complexity index is 544. The van der Waals surface area contributed by atoms with E-state index in [9.17, 15) is 0 Å². The van der Waals surface area contributed by atoms with Crippen LogP contribution in [0.2, 0.25) is 0 Å². The molecule has 0 aliphatic rings. The number of aromatic nitrogens is 3. The molecule has 92 valence electrons. The third-order valence-electron chi connectivity index (χ3n) is 2.67. The molecule has 0 aromatic carbocycles. The van der Waals surface area contributed by atoms with Gasteiger partial charge in [-0.1, -0.05) is 46.7 Å². The maximum absolute atomic E-state index is 5.22. The topological polar surface area (TPSA) is 51.8 Å². The Morgan fingerprint density at radius 3 is 2.18 bits per heavy atom. The molecule has 0 aliphatic heterocycles. The molecule has 4 nitrogen and oxygen atoms in total. The standard InChI is InChI=1S/C13H19N3O/c1-12(2,3)8-7-14-11-9(15-8)10(16-17-11)13(4,5)6/h7H,1-6H3. The van der Waals surface area contributed by atoms with Gasteiger partial charge in [0.1, 0.15) is 5.69 Å². The molecule has 0 radical (unpaired) electrons. The molecule has 2 aromatic rings. The van der Waals surface area contributed by atoms with Gasteiger partial charge in [-0.05, 0) is 0 Å². The van der Waals surface area contributed by atoms with Crippen molar-refractivity contribution in [3.8, 4) is 0 Å². The second-order valence-corrected chi connectivity index (χ2v) is 6.44. The Balaban J connectivity index is 2.67. The van der Waals surface area contributed by atoms with Crippen molar-refractivity contribution in [1.29, 1.82) is 0 Å². The van der Waals surface area contributed by atoms with Crippen LogP contribution in [0.3, 0.4) is 0 Å². The van der Waals surface area contributed by atoms with Crippen LogP contribution in [0.4, 0.5) is 0 Å². The van der Waals surface area contributed by atoms with E-state index in [1.807, 2.05) is 0 Å². The molecule has 0 amide bonds. The third-order valence-corrected chi connectivity index (χ3v) is 2.67. The van der Waals surface area contributed by atoms with Crippen molar-refractivity contribution in [2.75, 3.05) is 0 Å². The molecule has 0 aliphatic carbocycles. The van der Waals surface area contributed by atoms with Gasteiger partial charge >= 0.3 is 0 Å². The highest BCUT2D eigenvalue weighted by Crippen LogP contribution is 2.29. The molecule has 2 heterocycles. The first-order valence-electron chi connectivity index (χ1n) is 5.83. The van der Waals surface area contributed by atoms with E-state index in [-0.39, 0.29) is 10.8 Å². The Kier molecular flexibility index (Phi) is 2.49. The average Bonchev–Trinajstić information content (AvgIpc) is 2.57. The van der Waals surface area contributed by atoms with Crippen LogP contribution in [0, 0.1) is 0 Å².